The van der Waals surface area contributed by atoms with Crippen LogP contribution in [0.4, 0.5) is 0 Å². The second-order valence-corrected chi connectivity index (χ2v) is 9.22. The predicted octanol–water partition coefficient (Wildman–Crippen LogP) is 4.24. The number of nitrogens with zero attached hydrogens (tertiary/aromatic N) is 4. The summed E-state index contributed by atoms with van der Waals surface area (Å²) >= 11 is 13.5. The third kappa shape index (κ3) is 3.98. The van der Waals surface area contributed by atoms with Gasteiger partial charge in [0.25, 0.3) is 0 Å². The van der Waals surface area contributed by atoms with E-state index in [0.717, 1.165) is 19.4 Å². The van der Waals surface area contributed by atoms with E-state index in [0.29, 0.717) is 44.3 Å². The van der Waals surface area contributed by atoms with Crippen molar-refractivity contribution in [3.63, 3.8) is 0 Å². The number of rotatable bonds is 4. The van der Waals surface area contributed by atoms with Crippen molar-refractivity contribution >= 4 is 40.9 Å². The third-order valence-corrected chi connectivity index (χ3v) is 7.20. The van der Waals surface area contributed by atoms with Crippen molar-refractivity contribution in [3.05, 3.63) is 28.2 Å². The van der Waals surface area contributed by atoms with Gasteiger partial charge in [-0.25, -0.2) is 4.68 Å². The van der Waals surface area contributed by atoms with Crippen molar-refractivity contribution in [2.24, 2.45) is 5.92 Å². The molecule has 1 aliphatic heterocycles. The van der Waals surface area contributed by atoms with Crippen LogP contribution in [-0.4, -0.2) is 44.0 Å². The van der Waals surface area contributed by atoms with Crippen molar-refractivity contribution in [3.8, 4) is 11.4 Å². The number of hydrogen-bond acceptors (Lipinski definition) is 5. The Morgan fingerprint density at radius 2 is 1.96 bits per heavy atom. The highest BCUT2D eigenvalue weighted by molar-refractivity contribution is 7.99. The highest BCUT2D eigenvalue weighted by Crippen LogP contribution is 2.36. The Labute approximate surface area is 178 Å². The lowest BCUT2D eigenvalue weighted by molar-refractivity contribution is -0.134. The third-order valence-electron chi connectivity index (χ3n) is 5.72. The number of benzene rings is 1. The molecule has 2 aromatic rings. The summed E-state index contributed by atoms with van der Waals surface area (Å²) in [5.74, 6) is 7.76. The van der Waals surface area contributed by atoms with Crippen LogP contribution in [0, 0.1) is 5.92 Å². The zero-order valence-corrected chi connectivity index (χ0v) is 17.8. The van der Waals surface area contributed by atoms with Gasteiger partial charge in [-0.2, -0.15) is 0 Å². The summed E-state index contributed by atoms with van der Waals surface area (Å²) in [7, 11) is 0. The number of hydrogen-bond donors (Lipinski definition) is 1. The zero-order chi connectivity index (χ0) is 19.7. The van der Waals surface area contributed by atoms with Crippen molar-refractivity contribution in [1.82, 2.24) is 19.8 Å². The molecule has 6 nitrogen and oxygen atoms in total. The SMILES string of the molecule is Nn1c(SCC(=O)N2CCCC3CCCCC32)nnc1-c1ccc(Cl)cc1Cl. The topological polar surface area (TPSA) is 77.0 Å². The van der Waals surface area contributed by atoms with Gasteiger partial charge in [0.05, 0.1) is 10.8 Å². The summed E-state index contributed by atoms with van der Waals surface area (Å²) in [6, 6.07) is 5.54. The van der Waals surface area contributed by atoms with Crippen LogP contribution in [-0.2, 0) is 4.79 Å². The average Bonchev–Trinajstić information content (AvgIpc) is 3.06. The number of piperidine rings is 1. The zero-order valence-electron chi connectivity index (χ0n) is 15.5. The molecule has 2 aliphatic rings. The normalized spacial score (nSPS) is 22.1. The van der Waals surface area contributed by atoms with Gasteiger partial charge in [0.2, 0.25) is 11.1 Å². The van der Waals surface area contributed by atoms with E-state index in [1.165, 1.54) is 42.1 Å². The molecule has 1 aromatic carbocycles. The number of thioether (sulfide) groups is 1. The molecule has 2 atom stereocenters. The number of halogens is 2. The molecular formula is C19H23Cl2N5OS. The first-order chi connectivity index (χ1) is 13.5. The number of carbonyl (C=O) groups excluding carboxylic acids is 1. The molecule has 2 unspecified atom stereocenters. The first kappa shape index (κ1) is 19.9. The Bertz CT molecular complexity index is 872. The quantitative estimate of drug-likeness (QED) is 0.569. The highest BCUT2D eigenvalue weighted by Gasteiger charge is 2.35. The minimum absolute atomic E-state index is 0.163. The number of aromatic nitrogens is 3. The lowest BCUT2D eigenvalue weighted by Crippen LogP contribution is -2.50. The molecule has 150 valence electrons. The first-order valence-corrected chi connectivity index (χ1v) is 11.4. The Hall–Kier alpha value is -1.44. The maximum atomic E-state index is 12.9. The van der Waals surface area contributed by atoms with Gasteiger partial charge in [0, 0.05) is 23.2 Å². The van der Waals surface area contributed by atoms with Crippen molar-refractivity contribution in [2.45, 2.75) is 49.7 Å². The van der Waals surface area contributed by atoms with Gasteiger partial charge in [-0.15, -0.1) is 10.2 Å². The summed E-state index contributed by atoms with van der Waals surface area (Å²) < 4.78 is 1.38. The molecule has 0 radical (unpaired) electrons. The molecule has 2 N–H and O–H groups in total. The van der Waals surface area contributed by atoms with Gasteiger partial charge in [-0.1, -0.05) is 47.8 Å². The fourth-order valence-corrected chi connectivity index (χ4v) is 5.61. The standard InChI is InChI=1S/C19H23Cl2N5OS/c20-13-7-8-14(15(21)10-13)18-23-24-19(26(18)22)28-11-17(27)25-9-3-5-12-4-1-2-6-16(12)25/h7-8,10,12,16H,1-6,9,11,22H2. The first-order valence-electron chi connectivity index (χ1n) is 9.63. The summed E-state index contributed by atoms with van der Waals surface area (Å²) in [5, 5.41) is 9.78. The van der Waals surface area contributed by atoms with E-state index in [1.54, 1.807) is 18.2 Å². The minimum Gasteiger partial charge on any atom is -0.339 e. The highest BCUT2D eigenvalue weighted by atomic mass is 35.5. The van der Waals surface area contributed by atoms with Gasteiger partial charge in [0.1, 0.15) is 0 Å². The Morgan fingerprint density at radius 3 is 2.79 bits per heavy atom. The molecule has 0 spiro atoms. The molecule has 28 heavy (non-hydrogen) atoms. The maximum Gasteiger partial charge on any atom is 0.233 e. The average molecular weight is 440 g/mol. The number of fused-ring (bicyclic) bond motifs is 1. The molecular weight excluding hydrogens is 417 g/mol. The van der Waals surface area contributed by atoms with Crippen molar-refractivity contribution < 1.29 is 4.79 Å². The van der Waals surface area contributed by atoms with Gasteiger partial charge in [-0.3, -0.25) is 4.79 Å². The largest absolute Gasteiger partial charge is 0.339 e. The fraction of sp³-hybridized carbons (Fsp3) is 0.526. The molecule has 2 fully saturated rings. The van der Waals surface area contributed by atoms with Crippen molar-refractivity contribution in [2.75, 3.05) is 18.1 Å². The molecule has 9 heteroatoms. The Kier molecular flexibility index (Phi) is 6.04. The van der Waals surface area contributed by atoms with E-state index in [-0.39, 0.29) is 5.91 Å². The number of carbonyl (C=O) groups is 1. The molecule has 1 amide bonds. The summed E-state index contributed by atoms with van der Waals surface area (Å²) in [6.45, 7) is 0.863. The van der Waals surface area contributed by atoms with Crippen molar-refractivity contribution in [1.29, 1.82) is 0 Å². The molecule has 1 saturated heterocycles. The van der Waals surface area contributed by atoms with Crippen LogP contribution < -0.4 is 5.84 Å². The van der Waals surface area contributed by atoms with E-state index in [9.17, 15) is 4.79 Å². The van der Waals surface area contributed by atoms with Crippen LogP contribution in [0.3, 0.4) is 0 Å². The lowest BCUT2D eigenvalue weighted by Gasteiger charge is -2.44. The second-order valence-electron chi connectivity index (χ2n) is 7.43. The van der Waals surface area contributed by atoms with Crippen LogP contribution in [0.1, 0.15) is 38.5 Å². The Balaban J connectivity index is 1.44. The maximum absolute atomic E-state index is 12.9. The van der Waals surface area contributed by atoms with Gasteiger partial charge in [-0.05, 0) is 49.8 Å². The summed E-state index contributed by atoms with van der Waals surface area (Å²) in [4.78, 5) is 15.0. The van der Waals surface area contributed by atoms with E-state index in [1.807, 2.05) is 0 Å². The van der Waals surface area contributed by atoms with Crippen LogP contribution in [0.5, 0.6) is 0 Å². The molecule has 2 heterocycles. The number of likely N-dealkylation sites (tertiary alicyclic amines) is 1. The molecule has 0 bridgehead atoms. The molecule has 4 rings (SSSR count). The number of amides is 1. The summed E-state index contributed by atoms with van der Waals surface area (Å²) in [6.07, 6.45) is 7.26. The smallest absolute Gasteiger partial charge is 0.233 e. The van der Waals surface area contributed by atoms with E-state index in [4.69, 9.17) is 29.0 Å². The van der Waals surface area contributed by atoms with Gasteiger partial charge < -0.3 is 10.7 Å². The van der Waals surface area contributed by atoms with Gasteiger partial charge in [0.15, 0.2) is 5.82 Å². The molecule has 1 aliphatic carbocycles. The van der Waals surface area contributed by atoms with Crippen LogP contribution in [0.25, 0.3) is 11.4 Å². The summed E-state index contributed by atoms with van der Waals surface area (Å²) in [5.41, 5.74) is 0.653. The van der Waals surface area contributed by atoms with Crippen LogP contribution >= 0.6 is 35.0 Å². The molecule has 1 saturated carbocycles. The number of nitrogen functional groups attached to an aromatic ring is 1. The second kappa shape index (κ2) is 8.51. The lowest BCUT2D eigenvalue weighted by atomic mass is 9.78. The monoisotopic (exact) mass is 439 g/mol. The minimum atomic E-state index is 0.163. The fourth-order valence-electron chi connectivity index (χ4n) is 4.37. The van der Waals surface area contributed by atoms with Crippen LogP contribution in [0.2, 0.25) is 10.0 Å². The predicted molar refractivity (Wildman–Crippen MR) is 113 cm³/mol. The van der Waals surface area contributed by atoms with E-state index >= 15 is 0 Å². The molecule has 1 aromatic heterocycles. The van der Waals surface area contributed by atoms with Gasteiger partial charge >= 0.3 is 0 Å². The van der Waals surface area contributed by atoms with E-state index < -0.39 is 0 Å². The Morgan fingerprint density at radius 1 is 1.18 bits per heavy atom. The van der Waals surface area contributed by atoms with E-state index in [2.05, 4.69) is 15.1 Å². The number of nitrogens with two attached hydrogens (primary N) is 1. The van der Waals surface area contributed by atoms with Crippen LogP contribution in [0.15, 0.2) is 23.4 Å².